The van der Waals surface area contributed by atoms with Gasteiger partial charge in [0.05, 0.1) is 11.5 Å². The van der Waals surface area contributed by atoms with E-state index in [0.717, 1.165) is 12.1 Å². The van der Waals surface area contributed by atoms with Crippen LogP contribution in [0.2, 0.25) is 0 Å². The number of alkyl halides is 3. The molecule has 0 spiro atoms. The summed E-state index contributed by atoms with van der Waals surface area (Å²) in [6.45, 7) is 0.212. The van der Waals surface area contributed by atoms with E-state index in [1.54, 1.807) is 0 Å². The zero-order valence-corrected chi connectivity index (χ0v) is 10.5. The second-order valence-corrected chi connectivity index (χ2v) is 4.61. The summed E-state index contributed by atoms with van der Waals surface area (Å²) < 4.78 is 37.6. The van der Waals surface area contributed by atoms with E-state index in [1.807, 2.05) is 0 Å². The maximum absolute atomic E-state index is 12.5. The van der Waals surface area contributed by atoms with E-state index in [-0.39, 0.29) is 30.5 Å². The Morgan fingerprint density at radius 1 is 1.35 bits per heavy atom. The Balaban J connectivity index is 2.03. The molecule has 108 valence electrons. The van der Waals surface area contributed by atoms with Gasteiger partial charge in [-0.25, -0.2) is 0 Å². The molecule has 0 radical (unpaired) electrons. The number of carbonyl (C=O) groups excluding carboxylic acids is 2. The van der Waals surface area contributed by atoms with E-state index in [0.29, 0.717) is 6.42 Å². The first kappa shape index (κ1) is 14.4. The summed E-state index contributed by atoms with van der Waals surface area (Å²) in [7, 11) is 0. The van der Waals surface area contributed by atoms with Gasteiger partial charge in [0.15, 0.2) is 0 Å². The summed E-state index contributed by atoms with van der Waals surface area (Å²) in [6, 6.07) is 4.46. The Kier molecular flexibility index (Phi) is 3.96. The number of hydrogen-bond donors (Lipinski definition) is 2. The fourth-order valence-corrected chi connectivity index (χ4v) is 1.97. The molecule has 1 atom stereocenters. The van der Waals surface area contributed by atoms with E-state index in [2.05, 4.69) is 10.6 Å². The first-order valence-electron chi connectivity index (χ1n) is 6.11. The van der Waals surface area contributed by atoms with Crippen molar-refractivity contribution >= 4 is 17.5 Å². The van der Waals surface area contributed by atoms with Crippen LogP contribution < -0.4 is 10.6 Å². The predicted molar refractivity (Wildman–Crippen MR) is 65.8 cm³/mol. The fraction of sp³-hybridized carbons (Fsp3) is 0.385. The number of benzene rings is 1. The van der Waals surface area contributed by atoms with Crippen molar-refractivity contribution in [3.05, 3.63) is 29.8 Å². The maximum Gasteiger partial charge on any atom is 0.416 e. The second kappa shape index (κ2) is 5.52. The largest absolute Gasteiger partial charge is 0.416 e. The quantitative estimate of drug-likeness (QED) is 0.875. The molecule has 1 aliphatic rings. The molecule has 0 aromatic heterocycles. The molecule has 2 amide bonds. The molecule has 1 saturated heterocycles. The molecule has 1 heterocycles. The molecule has 0 saturated carbocycles. The first-order valence-corrected chi connectivity index (χ1v) is 6.11. The monoisotopic (exact) mass is 286 g/mol. The average Bonchev–Trinajstić information content (AvgIpc) is 2.38. The summed E-state index contributed by atoms with van der Waals surface area (Å²) in [4.78, 5) is 22.9. The van der Waals surface area contributed by atoms with Crippen LogP contribution in [-0.2, 0) is 15.8 Å². The highest BCUT2D eigenvalue weighted by Crippen LogP contribution is 2.30. The molecule has 20 heavy (non-hydrogen) atoms. The van der Waals surface area contributed by atoms with Crippen molar-refractivity contribution in [3.63, 3.8) is 0 Å². The molecule has 7 heteroatoms. The van der Waals surface area contributed by atoms with E-state index in [9.17, 15) is 22.8 Å². The Hall–Kier alpha value is -2.05. The lowest BCUT2D eigenvalue weighted by atomic mass is 9.98. The number of nitrogens with one attached hydrogen (secondary N) is 2. The van der Waals surface area contributed by atoms with E-state index in [4.69, 9.17) is 0 Å². The Bertz CT molecular complexity index is 519. The predicted octanol–water partition coefficient (Wildman–Crippen LogP) is 2.17. The highest BCUT2D eigenvalue weighted by atomic mass is 19.4. The van der Waals surface area contributed by atoms with Crippen molar-refractivity contribution in [2.24, 2.45) is 5.92 Å². The minimum atomic E-state index is -4.44. The van der Waals surface area contributed by atoms with Gasteiger partial charge in [-0.3, -0.25) is 9.59 Å². The zero-order chi connectivity index (χ0) is 14.8. The highest BCUT2D eigenvalue weighted by Gasteiger charge is 2.31. The van der Waals surface area contributed by atoms with Gasteiger partial charge in [0.2, 0.25) is 11.8 Å². The van der Waals surface area contributed by atoms with Crippen LogP contribution in [-0.4, -0.2) is 18.4 Å². The van der Waals surface area contributed by atoms with Gasteiger partial charge in [0.1, 0.15) is 0 Å². The molecule has 1 aromatic rings. The first-order chi connectivity index (χ1) is 9.36. The topological polar surface area (TPSA) is 58.2 Å². The van der Waals surface area contributed by atoms with Crippen LogP contribution >= 0.6 is 0 Å². The molecule has 1 unspecified atom stereocenters. The number of halogens is 3. The number of carbonyl (C=O) groups is 2. The maximum atomic E-state index is 12.5. The third kappa shape index (κ3) is 3.49. The van der Waals surface area contributed by atoms with Gasteiger partial charge in [0.25, 0.3) is 0 Å². The van der Waals surface area contributed by atoms with Crippen LogP contribution in [0.15, 0.2) is 24.3 Å². The summed E-state index contributed by atoms with van der Waals surface area (Å²) >= 11 is 0. The number of anilines is 1. The van der Waals surface area contributed by atoms with Crippen LogP contribution in [0.5, 0.6) is 0 Å². The van der Waals surface area contributed by atoms with Crippen molar-refractivity contribution in [2.75, 3.05) is 11.9 Å². The van der Waals surface area contributed by atoms with Gasteiger partial charge in [-0.2, -0.15) is 13.2 Å². The third-order valence-electron chi connectivity index (χ3n) is 3.09. The van der Waals surface area contributed by atoms with Gasteiger partial charge < -0.3 is 10.6 Å². The number of hydrogen-bond acceptors (Lipinski definition) is 2. The van der Waals surface area contributed by atoms with Crippen LogP contribution in [0.1, 0.15) is 18.4 Å². The third-order valence-corrected chi connectivity index (χ3v) is 3.09. The molecule has 4 nitrogen and oxygen atoms in total. The number of amides is 2. The summed E-state index contributed by atoms with van der Waals surface area (Å²) in [5.41, 5.74) is -0.714. The molecule has 2 N–H and O–H groups in total. The van der Waals surface area contributed by atoms with Crippen LogP contribution in [0, 0.1) is 5.92 Å². The molecular formula is C13H13F3N2O2. The van der Waals surface area contributed by atoms with Crippen molar-refractivity contribution in [1.29, 1.82) is 0 Å². The Labute approximate surface area is 113 Å². The van der Waals surface area contributed by atoms with Gasteiger partial charge in [-0.05, 0) is 24.6 Å². The Morgan fingerprint density at radius 3 is 2.70 bits per heavy atom. The fourth-order valence-electron chi connectivity index (χ4n) is 1.97. The highest BCUT2D eigenvalue weighted by molar-refractivity contribution is 5.94. The van der Waals surface area contributed by atoms with Crippen LogP contribution in [0.4, 0.5) is 18.9 Å². The smallest absolute Gasteiger partial charge is 0.355 e. The number of rotatable bonds is 2. The van der Waals surface area contributed by atoms with Gasteiger partial charge in [-0.1, -0.05) is 6.07 Å². The van der Waals surface area contributed by atoms with Crippen LogP contribution in [0.25, 0.3) is 0 Å². The van der Waals surface area contributed by atoms with Gasteiger partial charge >= 0.3 is 6.18 Å². The van der Waals surface area contributed by atoms with Crippen molar-refractivity contribution in [1.82, 2.24) is 5.32 Å². The molecule has 2 rings (SSSR count). The summed E-state index contributed by atoms with van der Waals surface area (Å²) in [5.74, 6) is -0.917. The average molecular weight is 286 g/mol. The normalized spacial score (nSPS) is 19.4. The molecule has 1 fully saturated rings. The molecular weight excluding hydrogens is 273 g/mol. The summed E-state index contributed by atoms with van der Waals surface area (Å²) in [6.07, 6.45) is -3.79. The number of piperidine rings is 1. The SMILES string of the molecule is O=C1CCC(C(=O)Nc2cccc(C(F)(F)F)c2)CN1. The van der Waals surface area contributed by atoms with Crippen LogP contribution in [0.3, 0.4) is 0 Å². The molecule has 1 aliphatic heterocycles. The second-order valence-electron chi connectivity index (χ2n) is 4.61. The lowest BCUT2D eigenvalue weighted by Gasteiger charge is -2.21. The zero-order valence-electron chi connectivity index (χ0n) is 10.5. The lowest BCUT2D eigenvalue weighted by Crippen LogP contribution is -2.40. The molecule has 0 aliphatic carbocycles. The van der Waals surface area contributed by atoms with Crippen molar-refractivity contribution in [3.8, 4) is 0 Å². The summed E-state index contributed by atoms with van der Waals surface area (Å²) in [5, 5.41) is 5.00. The van der Waals surface area contributed by atoms with Crippen molar-refractivity contribution in [2.45, 2.75) is 19.0 Å². The van der Waals surface area contributed by atoms with E-state index >= 15 is 0 Å². The van der Waals surface area contributed by atoms with Crippen molar-refractivity contribution < 1.29 is 22.8 Å². The standard InChI is InChI=1S/C13H13F3N2O2/c14-13(15,16)9-2-1-3-10(6-9)18-12(20)8-4-5-11(19)17-7-8/h1-3,6,8H,4-5,7H2,(H,17,19)(H,18,20). The van der Waals surface area contributed by atoms with Gasteiger partial charge in [-0.15, -0.1) is 0 Å². The molecule has 0 bridgehead atoms. The minimum absolute atomic E-state index is 0.0988. The minimum Gasteiger partial charge on any atom is -0.355 e. The lowest BCUT2D eigenvalue weighted by molar-refractivity contribution is -0.137. The Morgan fingerprint density at radius 2 is 2.10 bits per heavy atom. The van der Waals surface area contributed by atoms with E-state index < -0.39 is 17.7 Å². The van der Waals surface area contributed by atoms with E-state index in [1.165, 1.54) is 12.1 Å². The van der Waals surface area contributed by atoms with Gasteiger partial charge in [0, 0.05) is 18.7 Å². The molecule has 1 aromatic carbocycles.